The van der Waals surface area contributed by atoms with Crippen LogP contribution in [0, 0.1) is 0 Å². The molecule has 3 rings (SSSR count). The van der Waals surface area contributed by atoms with Crippen molar-refractivity contribution < 1.29 is 17.9 Å². The number of benzene rings is 1. The van der Waals surface area contributed by atoms with Crippen LogP contribution in [0.25, 0.3) is 0 Å². The van der Waals surface area contributed by atoms with Crippen LogP contribution in [0.3, 0.4) is 0 Å². The van der Waals surface area contributed by atoms with E-state index in [9.17, 15) is 13.2 Å². The average Bonchev–Trinajstić information content (AvgIpc) is 2.73. The van der Waals surface area contributed by atoms with Crippen LogP contribution in [-0.2, 0) is 14.8 Å². The number of aromatic nitrogens is 1. The summed E-state index contributed by atoms with van der Waals surface area (Å²) >= 11 is 0. The fourth-order valence-electron chi connectivity index (χ4n) is 2.57. The van der Waals surface area contributed by atoms with Gasteiger partial charge in [-0.05, 0) is 36.8 Å². The summed E-state index contributed by atoms with van der Waals surface area (Å²) in [6.07, 6.45) is 3.05. The van der Waals surface area contributed by atoms with Crippen molar-refractivity contribution in [2.24, 2.45) is 5.10 Å². The van der Waals surface area contributed by atoms with E-state index >= 15 is 0 Å². The molecule has 27 heavy (non-hydrogen) atoms. The Morgan fingerprint density at radius 3 is 2.33 bits per heavy atom. The number of rotatable bonds is 5. The van der Waals surface area contributed by atoms with E-state index in [1.807, 2.05) is 0 Å². The normalized spacial score (nSPS) is 16.1. The van der Waals surface area contributed by atoms with E-state index < -0.39 is 10.0 Å². The maximum Gasteiger partial charge on any atom is 0.271 e. The van der Waals surface area contributed by atoms with Crippen molar-refractivity contribution in [2.75, 3.05) is 26.3 Å². The topological polar surface area (TPSA) is 101 Å². The molecule has 1 aromatic carbocycles. The van der Waals surface area contributed by atoms with Gasteiger partial charge in [-0.25, -0.2) is 13.8 Å². The number of morpholine rings is 1. The molecule has 142 valence electrons. The first-order chi connectivity index (χ1) is 13.0. The lowest BCUT2D eigenvalue weighted by Gasteiger charge is -2.26. The molecule has 0 bridgehead atoms. The zero-order valence-corrected chi connectivity index (χ0v) is 15.6. The van der Waals surface area contributed by atoms with E-state index in [-0.39, 0.29) is 10.8 Å². The fourth-order valence-corrected chi connectivity index (χ4v) is 3.98. The van der Waals surface area contributed by atoms with Crippen LogP contribution < -0.4 is 5.43 Å². The highest BCUT2D eigenvalue weighted by molar-refractivity contribution is 7.89. The highest BCUT2D eigenvalue weighted by Crippen LogP contribution is 2.18. The zero-order valence-electron chi connectivity index (χ0n) is 14.8. The number of hydrogen-bond donors (Lipinski definition) is 1. The Labute approximate surface area is 157 Å². The van der Waals surface area contributed by atoms with Crippen LogP contribution in [0.4, 0.5) is 0 Å². The molecule has 0 saturated carbocycles. The van der Waals surface area contributed by atoms with Gasteiger partial charge in [0, 0.05) is 31.0 Å². The van der Waals surface area contributed by atoms with E-state index in [1.165, 1.54) is 16.7 Å². The summed E-state index contributed by atoms with van der Waals surface area (Å²) in [5.74, 6) is -0.344. The minimum atomic E-state index is -3.53. The molecule has 1 aliphatic rings. The van der Waals surface area contributed by atoms with Crippen LogP contribution >= 0.6 is 0 Å². The van der Waals surface area contributed by atoms with Gasteiger partial charge in [0.2, 0.25) is 10.0 Å². The molecule has 8 nitrogen and oxygen atoms in total. The first-order valence-corrected chi connectivity index (χ1v) is 9.85. The number of nitrogens with zero attached hydrogens (tertiary/aromatic N) is 3. The Morgan fingerprint density at radius 2 is 1.70 bits per heavy atom. The Bertz CT molecular complexity index is 922. The van der Waals surface area contributed by atoms with Gasteiger partial charge >= 0.3 is 0 Å². The van der Waals surface area contributed by atoms with Crippen LogP contribution in [0.2, 0.25) is 0 Å². The number of carbonyl (C=O) groups is 1. The van der Waals surface area contributed by atoms with Gasteiger partial charge in [-0.2, -0.15) is 9.41 Å². The summed E-state index contributed by atoms with van der Waals surface area (Å²) in [5, 5.41) is 4.07. The molecule has 0 unspecified atom stereocenters. The number of hydrazone groups is 1. The van der Waals surface area contributed by atoms with Gasteiger partial charge in [0.1, 0.15) is 0 Å². The summed E-state index contributed by atoms with van der Waals surface area (Å²) in [4.78, 5) is 16.1. The summed E-state index contributed by atoms with van der Waals surface area (Å²) in [6, 6.07) is 9.61. The van der Waals surface area contributed by atoms with E-state index in [0.29, 0.717) is 43.1 Å². The van der Waals surface area contributed by atoms with Crippen LogP contribution in [0.1, 0.15) is 22.8 Å². The number of sulfonamides is 1. The van der Waals surface area contributed by atoms with E-state index in [2.05, 4.69) is 15.5 Å². The molecular weight excluding hydrogens is 368 g/mol. The third-order valence-electron chi connectivity index (χ3n) is 4.15. The van der Waals surface area contributed by atoms with Gasteiger partial charge in [-0.1, -0.05) is 12.1 Å². The Kier molecular flexibility index (Phi) is 5.94. The summed E-state index contributed by atoms with van der Waals surface area (Å²) in [6.45, 7) is 3.25. The van der Waals surface area contributed by atoms with Crippen molar-refractivity contribution in [3.05, 3.63) is 59.9 Å². The molecule has 2 aromatic rings. The number of amides is 1. The monoisotopic (exact) mass is 388 g/mol. The Morgan fingerprint density at radius 1 is 1.07 bits per heavy atom. The van der Waals surface area contributed by atoms with Crippen LogP contribution in [0.5, 0.6) is 0 Å². The third-order valence-corrected chi connectivity index (χ3v) is 6.06. The highest BCUT2D eigenvalue weighted by atomic mass is 32.2. The molecule has 9 heteroatoms. The summed E-state index contributed by atoms with van der Waals surface area (Å²) in [5.41, 5.74) is 4.20. The molecule has 1 amide bonds. The molecule has 1 fully saturated rings. The minimum Gasteiger partial charge on any atom is -0.379 e. The number of hydrogen-bond acceptors (Lipinski definition) is 6. The van der Waals surface area contributed by atoms with E-state index in [1.54, 1.807) is 43.3 Å². The van der Waals surface area contributed by atoms with Gasteiger partial charge in [0.25, 0.3) is 5.91 Å². The predicted molar refractivity (Wildman–Crippen MR) is 99.9 cm³/mol. The molecule has 0 spiro atoms. The third kappa shape index (κ3) is 4.57. The SMILES string of the molecule is C/C(=N\NC(=O)c1ccncc1)c1ccc(S(=O)(=O)N2CCOCC2)cc1. The lowest BCUT2D eigenvalue weighted by atomic mass is 10.1. The van der Waals surface area contributed by atoms with Crippen molar-refractivity contribution in [3.8, 4) is 0 Å². The van der Waals surface area contributed by atoms with E-state index in [0.717, 1.165) is 0 Å². The number of nitrogens with one attached hydrogen (secondary N) is 1. The van der Waals surface area contributed by atoms with E-state index in [4.69, 9.17) is 4.74 Å². The maximum absolute atomic E-state index is 12.6. The lowest BCUT2D eigenvalue weighted by molar-refractivity contribution is 0.0730. The van der Waals surface area contributed by atoms with Gasteiger partial charge in [-0.3, -0.25) is 9.78 Å². The minimum absolute atomic E-state index is 0.224. The average molecular weight is 388 g/mol. The van der Waals surface area contributed by atoms with Crippen molar-refractivity contribution >= 4 is 21.6 Å². The quantitative estimate of drug-likeness (QED) is 0.614. The van der Waals surface area contributed by atoms with Crippen LogP contribution in [-0.4, -0.2) is 55.6 Å². The largest absolute Gasteiger partial charge is 0.379 e. The van der Waals surface area contributed by atoms with Gasteiger partial charge < -0.3 is 4.74 Å². The van der Waals surface area contributed by atoms with Crippen LogP contribution in [0.15, 0.2) is 58.8 Å². The summed E-state index contributed by atoms with van der Waals surface area (Å²) in [7, 11) is -3.53. The summed E-state index contributed by atoms with van der Waals surface area (Å²) < 4.78 is 31.9. The molecular formula is C18H20N4O4S. The van der Waals surface area contributed by atoms with Crippen molar-refractivity contribution in [1.29, 1.82) is 0 Å². The highest BCUT2D eigenvalue weighted by Gasteiger charge is 2.26. The molecule has 0 radical (unpaired) electrons. The first-order valence-electron chi connectivity index (χ1n) is 8.41. The standard InChI is InChI=1S/C18H20N4O4S/c1-14(20-21-18(23)16-6-8-19-9-7-16)15-2-4-17(5-3-15)27(24,25)22-10-12-26-13-11-22/h2-9H,10-13H2,1H3,(H,21,23)/b20-14+. The number of pyridine rings is 1. The Hall–Kier alpha value is -2.62. The lowest BCUT2D eigenvalue weighted by Crippen LogP contribution is -2.40. The van der Waals surface area contributed by atoms with Gasteiger partial charge in [0.15, 0.2) is 0 Å². The number of carbonyl (C=O) groups excluding carboxylic acids is 1. The molecule has 1 aromatic heterocycles. The fraction of sp³-hybridized carbons (Fsp3) is 0.278. The zero-order chi connectivity index (χ0) is 19.3. The molecule has 1 aliphatic heterocycles. The van der Waals surface area contributed by atoms with Crippen molar-refractivity contribution in [2.45, 2.75) is 11.8 Å². The molecule has 1 N–H and O–H groups in total. The predicted octanol–water partition coefficient (Wildman–Crippen LogP) is 1.26. The molecule has 0 aliphatic carbocycles. The number of ether oxygens (including phenoxy) is 1. The maximum atomic E-state index is 12.6. The second-order valence-electron chi connectivity index (χ2n) is 5.91. The van der Waals surface area contributed by atoms with Crippen molar-refractivity contribution in [3.63, 3.8) is 0 Å². The van der Waals surface area contributed by atoms with Gasteiger partial charge in [-0.15, -0.1) is 0 Å². The molecule has 1 saturated heterocycles. The second-order valence-corrected chi connectivity index (χ2v) is 7.85. The molecule has 2 heterocycles. The van der Waals surface area contributed by atoms with Crippen molar-refractivity contribution in [1.82, 2.24) is 14.7 Å². The first kappa shape index (κ1) is 19.2. The smallest absolute Gasteiger partial charge is 0.271 e. The second kappa shape index (κ2) is 8.38. The molecule has 0 atom stereocenters. The Balaban J connectivity index is 1.70. The van der Waals surface area contributed by atoms with Gasteiger partial charge in [0.05, 0.1) is 23.8 Å².